The van der Waals surface area contributed by atoms with Gasteiger partial charge in [0.05, 0.1) is 0 Å². The average molecular weight is 274 g/mol. The van der Waals surface area contributed by atoms with E-state index in [4.69, 9.17) is 0 Å². The molecule has 0 aromatic heterocycles. The van der Waals surface area contributed by atoms with Crippen molar-refractivity contribution in [3.63, 3.8) is 0 Å². The number of nitrogens with one attached hydrogen (secondary N) is 1. The van der Waals surface area contributed by atoms with Crippen LogP contribution in [0.4, 0.5) is 0 Å². The summed E-state index contributed by atoms with van der Waals surface area (Å²) in [5.74, 6) is 0. The Morgan fingerprint density at radius 2 is 1.90 bits per heavy atom. The zero-order chi connectivity index (χ0) is 14.5. The highest BCUT2D eigenvalue weighted by Crippen LogP contribution is 2.25. The van der Waals surface area contributed by atoms with Crippen molar-refractivity contribution in [2.45, 2.75) is 58.5 Å². The fourth-order valence-corrected chi connectivity index (χ4v) is 3.30. The van der Waals surface area contributed by atoms with Crippen LogP contribution >= 0.6 is 0 Å². The standard InChI is InChI=1S/C18H30N2/c1-5-19-18(13-20(4)17-8-6-7-9-17)16-11-10-14(2)15(3)12-16/h10-12,17-19H,5-9,13H2,1-4H3. The van der Waals surface area contributed by atoms with Gasteiger partial charge in [-0.3, -0.25) is 0 Å². The Bertz CT molecular complexity index is 421. The van der Waals surface area contributed by atoms with Crippen LogP contribution in [0.2, 0.25) is 0 Å². The van der Waals surface area contributed by atoms with E-state index in [1.165, 1.54) is 42.4 Å². The number of likely N-dealkylation sites (N-methyl/N-ethyl adjacent to an activating group) is 2. The maximum atomic E-state index is 3.66. The molecule has 0 saturated heterocycles. The molecule has 0 heterocycles. The first kappa shape index (κ1) is 15.5. The highest BCUT2D eigenvalue weighted by Gasteiger charge is 2.22. The highest BCUT2D eigenvalue weighted by molar-refractivity contribution is 5.32. The second-order valence-electron chi connectivity index (χ2n) is 6.33. The second kappa shape index (κ2) is 7.24. The Morgan fingerprint density at radius 3 is 2.50 bits per heavy atom. The zero-order valence-electron chi connectivity index (χ0n) is 13.6. The Hall–Kier alpha value is -0.860. The summed E-state index contributed by atoms with van der Waals surface area (Å²) in [7, 11) is 2.29. The van der Waals surface area contributed by atoms with Crippen LogP contribution in [0.1, 0.15) is 55.3 Å². The summed E-state index contributed by atoms with van der Waals surface area (Å²) in [5.41, 5.74) is 4.21. The molecule has 1 unspecified atom stereocenters. The van der Waals surface area contributed by atoms with Gasteiger partial charge in [-0.25, -0.2) is 0 Å². The van der Waals surface area contributed by atoms with Crippen LogP contribution < -0.4 is 5.32 Å². The van der Waals surface area contributed by atoms with E-state index in [1.54, 1.807) is 0 Å². The lowest BCUT2D eigenvalue weighted by atomic mass is 10.00. The topological polar surface area (TPSA) is 15.3 Å². The maximum Gasteiger partial charge on any atom is 0.0449 e. The van der Waals surface area contributed by atoms with Gasteiger partial charge in [0.15, 0.2) is 0 Å². The van der Waals surface area contributed by atoms with Gasteiger partial charge in [0.25, 0.3) is 0 Å². The van der Waals surface area contributed by atoms with Crippen LogP contribution in [0.25, 0.3) is 0 Å². The lowest BCUT2D eigenvalue weighted by Gasteiger charge is -2.29. The van der Waals surface area contributed by atoms with E-state index in [2.05, 4.69) is 56.2 Å². The largest absolute Gasteiger partial charge is 0.309 e. The highest BCUT2D eigenvalue weighted by atomic mass is 15.2. The SMILES string of the molecule is CCNC(CN(C)C1CCCC1)c1ccc(C)c(C)c1. The number of rotatable bonds is 6. The van der Waals surface area contributed by atoms with E-state index in [-0.39, 0.29) is 0 Å². The molecule has 1 aromatic carbocycles. The molecule has 20 heavy (non-hydrogen) atoms. The fraction of sp³-hybridized carbons (Fsp3) is 0.667. The zero-order valence-corrected chi connectivity index (χ0v) is 13.6. The van der Waals surface area contributed by atoms with Crippen molar-refractivity contribution in [3.05, 3.63) is 34.9 Å². The first-order chi connectivity index (χ1) is 9.61. The van der Waals surface area contributed by atoms with E-state index >= 15 is 0 Å². The number of hydrogen-bond donors (Lipinski definition) is 1. The van der Waals surface area contributed by atoms with E-state index in [0.717, 1.165) is 19.1 Å². The number of hydrogen-bond acceptors (Lipinski definition) is 2. The molecular formula is C18H30N2. The number of nitrogens with zero attached hydrogens (tertiary/aromatic N) is 1. The normalized spacial score (nSPS) is 17.9. The van der Waals surface area contributed by atoms with Crippen molar-refractivity contribution in [1.29, 1.82) is 0 Å². The molecular weight excluding hydrogens is 244 g/mol. The minimum absolute atomic E-state index is 0.449. The molecule has 1 fully saturated rings. The number of aryl methyl sites for hydroxylation is 2. The molecule has 2 heteroatoms. The van der Waals surface area contributed by atoms with Crippen molar-refractivity contribution in [3.8, 4) is 0 Å². The monoisotopic (exact) mass is 274 g/mol. The minimum atomic E-state index is 0.449. The summed E-state index contributed by atoms with van der Waals surface area (Å²) in [4.78, 5) is 2.56. The third-order valence-electron chi connectivity index (χ3n) is 4.80. The van der Waals surface area contributed by atoms with Crippen molar-refractivity contribution in [1.82, 2.24) is 10.2 Å². The molecule has 0 radical (unpaired) electrons. The van der Waals surface area contributed by atoms with Gasteiger partial charge in [-0.15, -0.1) is 0 Å². The quantitative estimate of drug-likeness (QED) is 0.848. The summed E-state index contributed by atoms with van der Waals surface area (Å²) < 4.78 is 0. The van der Waals surface area contributed by atoms with Crippen molar-refractivity contribution in [2.24, 2.45) is 0 Å². The molecule has 0 spiro atoms. The van der Waals surface area contributed by atoms with Crippen LogP contribution in [0.3, 0.4) is 0 Å². The summed E-state index contributed by atoms with van der Waals surface area (Å²) >= 11 is 0. The number of benzene rings is 1. The maximum absolute atomic E-state index is 3.66. The van der Waals surface area contributed by atoms with Crippen LogP contribution in [0.5, 0.6) is 0 Å². The third-order valence-corrected chi connectivity index (χ3v) is 4.80. The second-order valence-corrected chi connectivity index (χ2v) is 6.33. The smallest absolute Gasteiger partial charge is 0.0449 e. The molecule has 1 atom stereocenters. The van der Waals surface area contributed by atoms with Crippen molar-refractivity contribution < 1.29 is 0 Å². The lowest BCUT2D eigenvalue weighted by Crippen LogP contribution is -2.37. The van der Waals surface area contributed by atoms with Gasteiger partial charge < -0.3 is 10.2 Å². The van der Waals surface area contributed by atoms with Gasteiger partial charge in [-0.1, -0.05) is 38.0 Å². The van der Waals surface area contributed by atoms with Crippen molar-refractivity contribution >= 4 is 0 Å². The molecule has 2 rings (SSSR count). The van der Waals surface area contributed by atoms with E-state index < -0.39 is 0 Å². The molecule has 1 aliphatic carbocycles. The molecule has 2 nitrogen and oxygen atoms in total. The van der Waals surface area contributed by atoms with Gasteiger partial charge in [0.2, 0.25) is 0 Å². The Balaban J connectivity index is 2.07. The fourth-order valence-electron chi connectivity index (χ4n) is 3.30. The van der Waals surface area contributed by atoms with E-state index in [0.29, 0.717) is 6.04 Å². The van der Waals surface area contributed by atoms with E-state index in [9.17, 15) is 0 Å². The molecule has 0 bridgehead atoms. The first-order valence-corrected chi connectivity index (χ1v) is 8.12. The summed E-state index contributed by atoms with van der Waals surface area (Å²) in [6, 6.07) is 8.14. The van der Waals surface area contributed by atoms with Gasteiger partial charge in [0.1, 0.15) is 0 Å². The van der Waals surface area contributed by atoms with Crippen LogP contribution in [0.15, 0.2) is 18.2 Å². The summed E-state index contributed by atoms with van der Waals surface area (Å²) in [6.07, 6.45) is 5.57. The van der Waals surface area contributed by atoms with Crippen LogP contribution in [-0.4, -0.2) is 31.1 Å². The van der Waals surface area contributed by atoms with E-state index in [1.807, 2.05) is 0 Å². The molecule has 1 N–H and O–H groups in total. The molecule has 0 amide bonds. The van der Waals surface area contributed by atoms with Crippen molar-refractivity contribution in [2.75, 3.05) is 20.1 Å². The predicted molar refractivity (Wildman–Crippen MR) is 87.2 cm³/mol. The Morgan fingerprint density at radius 1 is 1.20 bits per heavy atom. The minimum Gasteiger partial charge on any atom is -0.309 e. The summed E-state index contributed by atoms with van der Waals surface area (Å²) in [5, 5.41) is 3.66. The first-order valence-electron chi connectivity index (χ1n) is 8.12. The lowest BCUT2D eigenvalue weighted by molar-refractivity contribution is 0.220. The molecule has 112 valence electrons. The van der Waals surface area contributed by atoms with Crippen LogP contribution in [-0.2, 0) is 0 Å². The van der Waals surface area contributed by atoms with Gasteiger partial charge in [-0.2, -0.15) is 0 Å². The van der Waals surface area contributed by atoms with Gasteiger partial charge in [0, 0.05) is 18.6 Å². The predicted octanol–water partition coefficient (Wildman–Crippen LogP) is 3.83. The molecule has 1 saturated carbocycles. The molecule has 1 aromatic rings. The Kier molecular flexibility index (Phi) is 5.62. The molecule has 1 aliphatic rings. The van der Waals surface area contributed by atoms with Crippen LogP contribution in [0, 0.1) is 13.8 Å². The average Bonchev–Trinajstić information content (AvgIpc) is 2.95. The third kappa shape index (κ3) is 3.83. The van der Waals surface area contributed by atoms with Gasteiger partial charge in [-0.05, 0) is 57.0 Å². The molecule has 0 aliphatic heterocycles. The Labute approximate surface area is 124 Å². The summed E-state index contributed by atoms with van der Waals surface area (Å²) in [6.45, 7) is 8.73. The van der Waals surface area contributed by atoms with Gasteiger partial charge >= 0.3 is 0 Å².